The summed E-state index contributed by atoms with van der Waals surface area (Å²) in [5.74, 6) is 1.55. The number of aliphatic hydroxyl groups is 2. The first-order valence-electron chi connectivity index (χ1n) is 13.5. The lowest BCUT2D eigenvalue weighted by atomic mass is 10.1. The van der Waals surface area contributed by atoms with Crippen LogP contribution in [-0.2, 0) is 13.1 Å². The number of likely N-dealkylation sites (tertiary alicyclic amines) is 2. The van der Waals surface area contributed by atoms with Crippen LogP contribution in [0.1, 0.15) is 43.9 Å². The second-order valence-electron chi connectivity index (χ2n) is 10.3. The SMILES string of the molecule is CCCC(CCO)Nc1nc(N)nc2cnn(Cc3cnc(CN4CC5C[C@@H]4CN5CCO)cc3OC)c12. The maximum Gasteiger partial charge on any atom is 0.222 e. The maximum atomic E-state index is 9.50. The number of nitrogens with two attached hydrogens (primary N) is 1. The van der Waals surface area contributed by atoms with E-state index in [1.165, 1.54) is 0 Å². The number of ether oxygens (including phenoxy) is 1. The second-order valence-corrected chi connectivity index (χ2v) is 10.3. The summed E-state index contributed by atoms with van der Waals surface area (Å²) < 4.78 is 7.61. The highest BCUT2D eigenvalue weighted by Gasteiger charge is 2.42. The van der Waals surface area contributed by atoms with E-state index in [1.54, 1.807) is 13.3 Å². The number of nitrogens with zero attached hydrogens (tertiary/aromatic N) is 7. The van der Waals surface area contributed by atoms with Gasteiger partial charge < -0.3 is 26.0 Å². The van der Waals surface area contributed by atoms with Crippen molar-refractivity contribution in [3.05, 3.63) is 29.7 Å². The Balaban J connectivity index is 1.34. The molecule has 12 heteroatoms. The van der Waals surface area contributed by atoms with Crippen molar-refractivity contribution in [3.63, 3.8) is 0 Å². The van der Waals surface area contributed by atoms with Crippen LogP contribution in [0.15, 0.2) is 18.5 Å². The first-order chi connectivity index (χ1) is 18.5. The van der Waals surface area contributed by atoms with E-state index in [4.69, 9.17) is 15.5 Å². The Kier molecular flexibility index (Phi) is 8.22. The summed E-state index contributed by atoms with van der Waals surface area (Å²) >= 11 is 0. The lowest BCUT2D eigenvalue weighted by molar-refractivity contribution is 0.104. The molecule has 2 aliphatic heterocycles. The molecule has 5 rings (SSSR count). The topological polar surface area (TPSA) is 151 Å². The maximum absolute atomic E-state index is 9.50. The monoisotopic (exact) mass is 525 g/mol. The van der Waals surface area contributed by atoms with E-state index in [2.05, 4.69) is 37.1 Å². The van der Waals surface area contributed by atoms with Crippen molar-refractivity contribution in [2.75, 3.05) is 51.0 Å². The summed E-state index contributed by atoms with van der Waals surface area (Å²) in [5.41, 5.74) is 9.28. The van der Waals surface area contributed by atoms with Gasteiger partial charge in [-0.3, -0.25) is 19.5 Å². The molecule has 2 unspecified atom stereocenters. The molecule has 206 valence electrons. The predicted molar refractivity (Wildman–Crippen MR) is 145 cm³/mol. The van der Waals surface area contributed by atoms with Gasteiger partial charge >= 0.3 is 0 Å². The van der Waals surface area contributed by atoms with Gasteiger partial charge in [0.15, 0.2) is 5.82 Å². The molecule has 3 aromatic heterocycles. The number of aliphatic hydroxyl groups excluding tert-OH is 2. The summed E-state index contributed by atoms with van der Waals surface area (Å²) in [7, 11) is 1.68. The Bertz CT molecular complexity index is 1230. The number of anilines is 2. The van der Waals surface area contributed by atoms with Gasteiger partial charge in [0.1, 0.15) is 16.8 Å². The number of hydrogen-bond acceptors (Lipinski definition) is 11. The van der Waals surface area contributed by atoms with Crippen LogP contribution in [-0.4, -0.2) is 103 Å². The van der Waals surface area contributed by atoms with Crippen LogP contribution in [0.2, 0.25) is 0 Å². The first-order valence-corrected chi connectivity index (χ1v) is 13.5. The zero-order valence-corrected chi connectivity index (χ0v) is 22.3. The number of aromatic nitrogens is 5. The Labute approximate surface area is 222 Å². The summed E-state index contributed by atoms with van der Waals surface area (Å²) in [6.45, 7) is 6.41. The quantitative estimate of drug-likeness (QED) is 0.254. The highest BCUT2D eigenvalue weighted by molar-refractivity contribution is 5.86. The number of nitrogen functional groups attached to an aromatic ring is 1. The van der Waals surface area contributed by atoms with E-state index in [0.717, 1.165) is 68.0 Å². The van der Waals surface area contributed by atoms with Crippen molar-refractivity contribution in [1.29, 1.82) is 0 Å². The fraction of sp³-hybridized carbons (Fsp3) is 0.615. The van der Waals surface area contributed by atoms with Gasteiger partial charge in [-0.05, 0) is 19.3 Å². The molecule has 2 aliphatic rings. The largest absolute Gasteiger partial charge is 0.496 e. The summed E-state index contributed by atoms with van der Waals surface area (Å²) in [5, 5.41) is 26.8. The molecule has 2 saturated heterocycles. The smallest absolute Gasteiger partial charge is 0.222 e. The molecule has 3 atom stereocenters. The molecule has 0 aromatic carbocycles. The third-order valence-electron chi connectivity index (χ3n) is 7.72. The molecule has 0 amide bonds. The van der Waals surface area contributed by atoms with Crippen molar-refractivity contribution in [2.24, 2.45) is 0 Å². The molecule has 12 nitrogen and oxygen atoms in total. The number of fused-ring (bicyclic) bond motifs is 3. The molecule has 0 spiro atoms. The zero-order valence-electron chi connectivity index (χ0n) is 22.3. The van der Waals surface area contributed by atoms with Gasteiger partial charge in [-0.2, -0.15) is 10.1 Å². The standard InChI is InChI=1S/C26H39N9O3/c1-3-4-18(5-7-36)30-25-24-22(31-26(27)32-25)12-29-35(24)13-17-11-28-19(9-23(17)38-2)14-34-16-20-10-21(34)15-33(20)6-8-37/h9,11-12,18,20-21,36-37H,3-8,10,13-16H2,1-2H3,(H3,27,30,31,32)/t18?,20?,21-/m1/s1. The molecular weight excluding hydrogens is 486 g/mol. The van der Waals surface area contributed by atoms with Crippen molar-refractivity contribution in [1.82, 2.24) is 34.5 Å². The van der Waals surface area contributed by atoms with E-state index in [9.17, 15) is 10.2 Å². The number of pyridine rings is 1. The average molecular weight is 526 g/mol. The van der Waals surface area contributed by atoms with Crippen LogP contribution in [0.3, 0.4) is 0 Å². The van der Waals surface area contributed by atoms with Gasteiger partial charge in [0, 0.05) is 68.7 Å². The minimum atomic E-state index is 0.0675. The van der Waals surface area contributed by atoms with Gasteiger partial charge in [0.05, 0.1) is 32.2 Å². The van der Waals surface area contributed by atoms with Crippen LogP contribution in [0.25, 0.3) is 11.0 Å². The summed E-state index contributed by atoms with van der Waals surface area (Å²) in [6.07, 6.45) is 7.21. The Hall–Kier alpha value is -3.06. The number of methoxy groups -OCH3 is 1. The van der Waals surface area contributed by atoms with Gasteiger partial charge in [-0.1, -0.05) is 13.3 Å². The molecule has 0 saturated carbocycles. The highest BCUT2D eigenvalue weighted by Crippen LogP contribution is 2.32. The Morgan fingerprint density at radius 1 is 1.11 bits per heavy atom. The minimum Gasteiger partial charge on any atom is -0.496 e. The lowest BCUT2D eigenvalue weighted by Gasteiger charge is -2.33. The van der Waals surface area contributed by atoms with Crippen molar-refractivity contribution in [2.45, 2.75) is 63.8 Å². The van der Waals surface area contributed by atoms with E-state index < -0.39 is 0 Å². The van der Waals surface area contributed by atoms with Crippen LogP contribution in [0.4, 0.5) is 11.8 Å². The third kappa shape index (κ3) is 5.53. The van der Waals surface area contributed by atoms with E-state index >= 15 is 0 Å². The molecule has 5 heterocycles. The van der Waals surface area contributed by atoms with Crippen molar-refractivity contribution < 1.29 is 14.9 Å². The van der Waals surface area contributed by atoms with Gasteiger partial charge in [-0.15, -0.1) is 0 Å². The fourth-order valence-electron chi connectivity index (χ4n) is 5.92. The van der Waals surface area contributed by atoms with E-state index in [0.29, 0.717) is 36.4 Å². The first kappa shape index (κ1) is 26.5. The van der Waals surface area contributed by atoms with E-state index in [1.807, 2.05) is 16.9 Å². The van der Waals surface area contributed by atoms with Crippen LogP contribution in [0, 0.1) is 0 Å². The number of hydrogen-bond donors (Lipinski definition) is 4. The number of nitrogens with one attached hydrogen (secondary N) is 1. The molecular formula is C26H39N9O3. The second kappa shape index (κ2) is 11.8. The number of rotatable bonds is 13. The number of piperazine rings is 1. The van der Waals surface area contributed by atoms with Crippen molar-refractivity contribution in [3.8, 4) is 5.75 Å². The lowest BCUT2D eigenvalue weighted by Crippen LogP contribution is -2.46. The molecule has 38 heavy (non-hydrogen) atoms. The van der Waals surface area contributed by atoms with Gasteiger partial charge in [-0.25, -0.2) is 4.98 Å². The zero-order chi connectivity index (χ0) is 26.6. The fourth-order valence-corrected chi connectivity index (χ4v) is 5.92. The molecule has 0 aliphatic carbocycles. The Morgan fingerprint density at radius 2 is 1.92 bits per heavy atom. The van der Waals surface area contributed by atoms with Crippen LogP contribution < -0.4 is 15.8 Å². The van der Waals surface area contributed by atoms with Crippen molar-refractivity contribution >= 4 is 22.8 Å². The number of β-amino-alcohol motifs (C(OH)–C–C–N with tert-alkyl or cyclic N) is 1. The molecule has 3 aromatic rings. The molecule has 5 N–H and O–H groups in total. The third-order valence-corrected chi connectivity index (χ3v) is 7.72. The Morgan fingerprint density at radius 3 is 2.63 bits per heavy atom. The van der Waals surface area contributed by atoms with Crippen LogP contribution in [0.5, 0.6) is 5.75 Å². The average Bonchev–Trinajstić information content (AvgIpc) is 3.60. The summed E-state index contributed by atoms with van der Waals surface area (Å²) in [6, 6.07) is 3.12. The molecule has 2 bridgehead atoms. The summed E-state index contributed by atoms with van der Waals surface area (Å²) in [4.78, 5) is 18.5. The minimum absolute atomic E-state index is 0.0675. The molecule has 0 radical (unpaired) electrons. The van der Waals surface area contributed by atoms with E-state index in [-0.39, 0.29) is 25.2 Å². The predicted octanol–water partition coefficient (Wildman–Crippen LogP) is 1.07. The normalized spacial score (nSPS) is 20.4. The van der Waals surface area contributed by atoms with Gasteiger partial charge in [0.2, 0.25) is 5.95 Å². The van der Waals surface area contributed by atoms with Gasteiger partial charge in [0.25, 0.3) is 0 Å². The highest BCUT2D eigenvalue weighted by atomic mass is 16.5. The molecule has 2 fully saturated rings. The van der Waals surface area contributed by atoms with Crippen LogP contribution >= 0.6 is 0 Å².